The standard InChI is InChI=1S/C13H9BrF2N2O2/c14-7-4-9(16)11(5-8(7)15)18-10-3-1-2-6(10)12(17-18)13(19)20/h4-5H,1-3H2,(H,19,20). The van der Waals surface area contributed by atoms with Gasteiger partial charge in [0.05, 0.1) is 4.47 Å². The van der Waals surface area contributed by atoms with Crippen molar-refractivity contribution in [1.82, 2.24) is 9.78 Å². The molecule has 20 heavy (non-hydrogen) atoms. The quantitative estimate of drug-likeness (QED) is 0.853. The van der Waals surface area contributed by atoms with E-state index >= 15 is 0 Å². The summed E-state index contributed by atoms with van der Waals surface area (Å²) >= 11 is 2.90. The molecule has 1 heterocycles. The molecule has 0 atom stereocenters. The number of carboxylic acids is 1. The predicted octanol–water partition coefficient (Wildman–Crippen LogP) is 3.10. The van der Waals surface area contributed by atoms with Gasteiger partial charge in [-0.15, -0.1) is 0 Å². The van der Waals surface area contributed by atoms with E-state index in [1.165, 1.54) is 4.68 Å². The molecule has 1 aliphatic rings. The maximum absolute atomic E-state index is 14.0. The van der Waals surface area contributed by atoms with Crippen molar-refractivity contribution in [2.75, 3.05) is 0 Å². The molecule has 1 aromatic carbocycles. The molecule has 7 heteroatoms. The first-order chi connectivity index (χ1) is 9.49. The number of hydrogen-bond acceptors (Lipinski definition) is 2. The Balaban J connectivity index is 2.23. The van der Waals surface area contributed by atoms with Gasteiger partial charge in [0.25, 0.3) is 0 Å². The molecule has 0 fully saturated rings. The number of nitrogens with zero attached hydrogens (tertiary/aromatic N) is 2. The first-order valence-electron chi connectivity index (χ1n) is 5.98. The van der Waals surface area contributed by atoms with E-state index in [1.807, 2.05) is 0 Å². The van der Waals surface area contributed by atoms with E-state index in [0.717, 1.165) is 18.6 Å². The molecule has 0 saturated carbocycles. The average molecular weight is 343 g/mol. The van der Waals surface area contributed by atoms with Crippen molar-refractivity contribution in [3.05, 3.63) is 45.2 Å². The van der Waals surface area contributed by atoms with Gasteiger partial charge in [0.1, 0.15) is 17.3 Å². The van der Waals surface area contributed by atoms with Crippen LogP contribution in [0.5, 0.6) is 0 Å². The molecule has 0 radical (unpaired) electrons. The summed E-state index contributed by atoms with van der Waals surface area (Å²) in [5, 5.41) is 13.1. The zero-order valence-electron chi connectivity index (χ0n) is 10.2. The van der Waals surface area contributed by atoms with Crippen LogP contribution in [0.1, 0.15) is 28.2 Å². The largest absolute Gasteiger partial charge is 0.476 e. The second-order valence-electron chi connectivity index (χ2n) is 4.56. The molecule has 1 aromatic heterocycles. The van der Waals surface area contributed by atoms with Gasteiger partial charge in [0.15, 0.2) is 5.69 Å². The van der Waals surface area contributed by atoms with Crippen molar-refractivity contribution in [1.29, 1.82) is 0 Å². The van der Waals surface area contributed by atoms with Crippen molar-refractivity contribution >= 4 is 21.9 Å². The lowest BCUT2D eigenvalue weighted by Crippen LogP contribution is -2.07. The molecule has 104 valence electrons. The fourth-order valence-corrected chi connectivity index (χ4v) is 2.80. The number of aromatic nitrogens is 2. The number of rotatable bonds is 2. The normalized spacial score (nSPS) is 13.6. The summed E-state index contributed by atoms with van der Waals surface area (Å²) in [5.74, 6) is -2.44. The summed E-state index contributed by atoms with van der Waals surface area (Å²) in [7, 11) is 0. The third-order valence-electron chi connectivity index (χ3n) is 3.35. The summed E-state index contributed by atoms with van der Waals surface area (Å²) in [6.45, 7) is 0. The Morgan fingerprint density at radius 1 is 1.30 bits per heavy atom. The van der Waals surface area contributed by atoms with Crippen LogP contribution in [0.25, 0.3) is 5.69 Å². The van der Waals surface area contributed by atoms with E-state index in [-0.39, 0.29) is 15.9 Å². The Morgan fingerprint density at radius 2 is 2.05 bits per heavy atom. The second kappa shape index (κ2) is 4.66. The van der Waals surface area contributed by atoms with Crippen LogP contribution in [-0.4, -0.2) is 20.9 Å². The summed E-state index contributed by atoms with van der Waals surface area (Å²) in [5.41, 5.74) is 1.10. The molecule has 4 nitrogen and oxygen atoms in total. The average Bonchev–Trinajstić information content (AvgIpc) is 2.95. The molecular weight excluding hydrogens is 334 g/mol. The van der Waals surface area contributed by atoms with E-state index in [2.05, 4.69) is 21.0 Å². The van der Waals surface area contributed by atoms with Crippen LogP contribution in [0.15, 0.2) is 16.6 Å². The number of aromatic carboxylic acids is 1. The molecule has 0 saturated heterocycles. The minimum Gasteiger partial charge on any atom is -0.476 e. The maximum Gasteiger partial charge on any atom is 0.356 e. The van der Waals surface area contributed by atoms with Crippen LogP contribution in [-0.2, 0) is 12.8 Å². The maximum atomic E-state index is 14.0. The first kappa shape index (κ1) is 13.2. The highest BCUT2D eigenvalue weighted by Crippen LogP contribution is 2.30. The van der Waals surface area contributed by atoms with Gasteiger partial charge in [-0.3, -0.25) is 0 Å². The highest BCUT2D eigenvalue weighted by atomic mass is 79.9. The summed E-state index contributed by atoms with van der Waals surface area (Å²) < 4.78 is 28.8. The topological polar surface area (TPSA) is 55.1 Å². The Hall–Kier alpha value is -1.76. The summed E-state index contributed by atoms with van der Waals surface area (Å²) in [4.78, 5) is 11.2. The van der Waals surface area contributed by atoms with Gasteiger partial charge in [-0.25, -0.2) is 18.3 Å². The molecule has 3 rings (SSSR count). The number of carboxylic acid groups (broad SMARTS) is 1. The van der Waals surface area contributed by atoms with Crippen LogP contribution >= 0.6 is 15.9 Å². The van der Waals surface area contributed by atoms with Crippen LogP contribution in [0, 0.1) is 11.6 Å². The van der Waals surface area contributed by atoms with Gasteiger partial charge in [-0.05, 0) is 41.3 Å². The third-order valence-corrected chi connectivity index (χ3v) is 3.96. The van der Waals surface area contributed by atoms with Crippen molar-refractivity contribution in [2.45, 2.75) is 19.3 Å². The van der Waals surface area contributed by atoms with E-state index < -0.39 is 17.6 Å². The lowest BCUT2D eigenvalue weighted by Gasteiger charge is -2.08. The Morgan fingerprint density at radius 3 is 2.75 bits per heavy atom. The fraction of sp³-hybridized carbons (Fsp3) is 0.231. The summed E-state index contributed by atoms with van der Waals surface area (Å²) in [6, 6.07) is 2.02. The highest BCUT2D eigenvalue weighted by molar-refractivity contribution is 9.10. The van der Waals surface area contributed by atoms with E-state index in [0.29, 0.717) is 24.1 Å². The van der Waals surface area contributed by atoms with Crippen molar-refractivity contribution in [2.24, 2.45) is 0 Å². The molecule has 0 spiro atoms. The summed E-state index contributed by atoms with van der Waals surface area (Å²) in [6.07, 6.45) is 1.98. The minimum absolute atomic E-state index is 0.0148. The number of halogens is 3. The molecular formula is C13H9BrF2N2O2. The molecule has 1 N–H and O–H groups in total. The van der Waals surface area contributed by atoms with Crippen LogP contribution in [0.3, 0.4) is 0 Å². The molecule has 0 unspecified atom stereocenters. The molecule has 0 bridgehead atoms. The van der Waals surface area contributed by atoms with Crippen molar-refractivity contribution < 1.29 is 18.7 Å². The van der Waals surface area contributed by atoms with Crippen molar-refractivity contribution in [3.8, 4) is 5.69 Å². The van der Waals surface area contributed by atoms with Gasteiger partial charge >= 0.3 is 5.97 Å². The zero-order valence-corrected chi connectivity index (χ0v) is 11.7. The number of fused-ring (bicyclic) bond motifs is 1. The van der Waals surface area contributed by atoms with Crippen LogP contribution in [0.2, 0.25) is 0 Å². The first-order valence-corrected chi connectivity index (χ1v) is 6.77. The smallest absolute Gasteiger partial charge is 0.356 e. The van der Waals surface area contributed by atoms with Crippen LogP contribution < -0.4 is 0 Å². The van der Waals surface area contributed by atoms with Gasteiger partial charge in [-0.1, -0.05) is 0 Å². The molecule has 0 amide bonds. The third kappa shape index (κ3) is 1.93. The minimum atomic E-state index is -1.15. The van der Waals surface area contributed by atoms with Gasteiger partial charge in [0.2, 0.25) is 0 Å². The number of hydrogen-bond donors (Lipinski definition) is 1. The highest BCUT2D eigenvalue weighted by Gasteiger charge is 2.27. The lowest BCUT2D eigenvalue weighted by atomic mass is 10.2. The molecule has 1 aliphatic carbocycles. The number of benzene rings is 1. The van der Waals surface area contributed by atoms with Crippen LogP contribution in [0.4, 0.5) is 8.78 Å². The molecule has 2 aromatic rings. The van der Waals surface area contributed by atoms with E-state index in [4.69, 9.17) is 5.11 Å². The van der Waals surface area contributed by atoms with E-state index in [9.17, 15) is 13.6 Å². The van der Waals surface area contributed by atoms with Gasteiger partial charge in [-0.2, -0.15) is 5.10 Å². The Bertz CT molecular complexity index is 728. The van der Waals surface area contributed by atoms with Crippen molar-refractivity contribution in [3.63, 3.8) is 0 Å². The van der Waals surface area contributed by atoms with Gasteiger partial charge in [0, 0.05) is 17.3 Å². The van der Waals surface area contributed by atoms with E-state index in [1.54, 1.807) is 0 Å². The number of carbonyl (C=O) groups is 1. The molecule has 0 aliphatic heterocycles. The lowest BCUT2D eigenvalue weighted by molar-refractivity contribution is 0.0689. The Labute approximate surface area is 121 Å². The predicted molar refractivity (Wildman–Crippen MR) is 70.2 cm³/mol. The fourth-order valence-electron chi connectivity index (χ4n) is 2.48. The SMILES string of the molecule is O=C(O)c1nn(-c2cc(F)c(Br)cc2F)c2c1CCC2. The monoisotopic (exact) mass is 342 g/mol. The second-order valence-corrected chi connectivity index (χ2v) is 5.42. The zero-order chi connectivity index (χ0) is 14.4. The Kier molecular flexibility index (Phi) is 3.08. The van der Waals surface area contributed by atoms with Gasteiger partial charge < -0.3 is 5.11 Å².